The standard InChI is InChI=1S/C7H8ClN5O/c1-5-10-6(12-14-5)2-3-13-4-9-11-7(13)8/h4H,2-3H2,1H3. The molecule has 0 fully saturated rings. The summed E-state index contributed by atoms with van der Waals surface area (Å²) in [6.07, 6.45) is 2.21. The van der Waals surface area contributed by atoms with E-state index in [0.29, 0.717) is 30.0 Å². The molecular weight excluding hydrogens is 206 g/mol. The number of hydrogen-bond donors (Lipinski definition) is 0. The maximum Gasteiger partial charge on any atom is 0.224 e. The number of hydrogen-bond acceptors (Lipinski definition) is 5. The summed E-state index contributed by atoms with van der Waals surface area (Å²) in [5.41, 5.74) is 0. The van der Waals surface area contributed by atoms with Gasteiger partial charge in [0.1, 0.15) is 6.33 Å². The van der Waals surface area contributed by atoms with Crippen LogP contribution in [0.1, 0.15) is 11.7 Å². The van der Waals surface area contributed by atoms with Gasteiger partial charge >= 0.3 is 0 Å². The SMILES string of the molecule is Cc1nc(CCn2cnnc2Cl)no1. The molecule has 0 amide bonds. The van der Waals surface area contributed by atoms with E-state index < -0.39 is 0 Å². The highest BCUT2D eigenvalue weighted by molar-refractivity contribution is 6.28. The Morgan fingerprint density at radius 2 is 2.43 bits per heavy atom. The minimum Gasteiger partial charge on any atom is -0.340 e. The van der Waals surface area contributed by atoms with Gasteiger partial charge < -0.3 is 9.09 Å². The van der Waals surface area contributed by atoms with Gasteiger partial charge in [-0.15, -0.1) is 10.2 Å². The summed E-state index contributed by atoms with van der Waals surface area (Å²) in [7, 11) is 0. The van der Waals surface area contributed by atoms with Gasteiger partial charge in [-0.2, -0.15) is 4.98 Å². The van der Waals surface area contributed by atoms with Gasteiger partial charge in [-0.1, -0.05) is 5.16 Å². The van der Waals surface area contributed by atoms with Crippen molar-refractivity contribution in [2.24, 2.45) is 0 Å². The van der Waals surface area contributed by atoms with Crippen LogP contribution in [0.15, 0.2) is 10.9 Å². The van der Waals surface area contributed by atoms with Crippen LogP contribution in [0.5, 0.6) is 0 Å². The topological polar surface area (TPSA) is 69.6 Å². The van der Waals surface area contributed by atoms with Crippen LogP contribution in [-0.4, -0.2) is 24.9 Å². The molecule has 2 aromatic heterocycles. The van der Waals surface area contributed by atoms with E-state index in [1.807, 2.05) is 0 Å². The van der Waals surface area contributed by atoms with Crippen LogP contribution in [0.4, 0.5) is 0 Å². The van der Waals surface area contributed by atoms with E-state index in [2.05, 4.69) is 20.3 Å². The van der Waals surface area contributed by atoms with Crippen molar-refractivity contribution >= 4 is 11.6 Å². The number of aromatic nitrogens is 5. The van der Waals surface area contributed by atoms with Crippen LogP contribution < -0.4 is 0 Å². The first kappa shape index (κ1) is 9.14. The molecule has 0 bridgehead atoms. The molecule has 0 aliphatic heterocycles. The smallest absolute Gasteiger partial charge is 0.224 e. The molecule has 0 N–H and O–H groups in total. The highest BCUT2D eigenvalue weighted by Crippen LogP contribution is 2.04. The quantitative estimate of drug-likeness (QED) is 0.757. The van der Waals surface area contributed by atoms with Crippen molar-refractivity contribution in [2.45, 2.75) is 19.9 Å². The Kier molecular flexibility index (Phi) is 2.45. The molecule has 0 saturated heterocycles. The van der Waals surface area contributed by atoms with E-state index in [-0.39, 0.29) is 0 Å². The number of rotatable bonds is 3. The largest absolute Gasteiger partial charge is 0.340 e. The van der Waals surface area contributed by atoms with E-state index >= 15 is 0 Å². The normalized spacial score (nSPS) is 10.7. The summed E-state index contributed by atoms with van der Waals surface area (Å²) >= 11 is 5.74. The van der Waals surface area contributed by atoms with Gasteiger partial charge in [-0.05, 0) is 11.6 Å². The summed E-state index contributed by atoms with van der Waals surface area (Å²) in [4.78, 5) is 4.06. The molecule has 7 heteroatoms. The first-order chi connectivity index (χ1) is 6.75. The molecule has 0 spiro atoms. The Morgan fingerprint density at radius 3 is 3.00 bits per heavy atom. The predicted molar refractivity (Wildman–Crippen MR) is 47.8 cm³/mol. The minimum atomic E-state index is 0.366. The third-order valence-electron chi connectivity index (χ3n) is 1.71. The third kappa shape index (κ3) is 1.90. The van der Waals surface area contributed by atoms with Gasteiger partial charge in [0.15, 0.2) is 5.82 Å². The van der Waals surface area contributed by atoms with Crippen LogP contribution in [0.3, 0.4) is 0 Å². The van der Waals surface area contributed by atoms with Crippen molar-refractivity contribution in [2.75, 3.05) is 0 Å². The van der Waals surface area contributed by atoms with Gasteiger partial charge in [0.2, 0.25) is 11.2 Å². The second-order valence-corrected chi connectivity index (χ2v) is 3.11. The summed E-state index contributed by atoms with van der Waals surface area (Å²) < 4.78 is 6.55. The van der Waals surface area contributed by atoms with Gasteiger partial charge in [-0.25, -0.2) is 0 Å². The predicted octanol–water partition coefficient (Wildman–Crippen LogP) is 0.866. The number of halogens is 1. The molecule has 74 valence electrons. The Balaban J connectivity index is 1.98. The van der Waals surface area contributed by atoms with Crippen molar-refractivity contribution in [3.05, 3.63) is 23.3 Å². The summed E-state index contributed by atoms with van der Waals surface area (Å²) in [6, 6.07) is 0. The fourth-order valence-electron chi connectivity index (χ4n) is 1.05. The second-order valence-electron chi connectivity index (χ2n) is 2.77. The van der Waals surface area contributed by atoms with Gasteiger partial charge in [0, 0.05) is 19.9 Å². The lowest BCUT2D eigenvalue weighted by molar-refractivity contribution is 0.386. The van der Waals surface area contributed by atoms with Crippen LogP contribution in [-0.2, 0) is 13.0 Å². The highest BCUT2D eigenvalue weighted by Gasteiger charge is 2.04. The van der Waals surface area contributed by atoms with Crippen LogP contribution in [0.2, 0.25) is 5.28 Å². The highest BCUT2D eigenvalue weighted by atomic mass is 35.5. The molecule has 0 radical (unpaired) electrons. The Bertz CT molecular complexity index is 423. The zero-order chi connectivity index (χ0) is 9.97. The average molecular weight is 214 g/mol. The molecule has 2 rings (SSSR count). The third-order valence-corrected chi connectivity index (χ3v) is 2.01. The Labute approximate surface area is 84.9 Å². The molecule has 14 heavy (non-hydrogen) atoms. The van der Waals surface area contributed by atoms with Crippen molar-refractivity contribution in [1.82, 2.24) is 24.9 Å². The monoisotopic (exact) mass is 213 g/mol. The van der Waals surface area contributed by atoms with Crippen molar-refractivity contribution < 1.29 is 4.52 Å². The van der Waals surface area contributed by atoms with Crippen molar-refractivity contribution in [3.63, 3.8) is 0 Å². The fourth-order valence-corrected chi connectivity index (χ4v) is 1.23. The maximum atomic E-state index is 5.74. The molecule has 0 saturated carbocycles. The molecule has 6 nitrogen and oxygen atoms in total. The fraction of sp³-hybridized carbons (Fsp3) is 0.429. The summed E-state index contributed by atoms with van der Waals surface area (Å²) in [6.45, 7) is 2.40. The van der Waals surface area contributed by atoms with E-state index in [4.69, 9.17) is 16.1 Å². The van der Waals surface area contributed by atoms with Gasteiger partial charge in [0.25, 0.3) is 0 Å². The summed E-state index contributed by atoms with van der Waals surface area (Å²) in [5.74, 6) is 1.22. The van der Waals surface area contributed by atoms with Crippen molar-refractivity contribution in [1.29, 1.82) is 0 Å². The average Bonchev–Trinajstić information content (AvgIpc) is 2.72. The van der Waals surface area contributed by atoms with Gasteiger partial charge in [0.05, 0.1) is 0 Å². The zero-order valence-electron chi connectivity index (χ0n) is 7.51. The lowest BCUT2D eigenvalue weighted by Crippen LogP contribution is -2.01. The minimum absolute atomic E-state index is 0.366. The Hall–Kier alpha value is -1.43. The molecular formula is C7H8ClN5O. The van der Waals surface area contributed by atoms with Gasteiger partial charge in [-0.3, -0.25) is 0 Å². The molecule has 2 heterocycles. The van der Waals surface area contributed by atoms with Crippen molar-refractivity contribution in [3.8, 4) is 0 Å². The van der Waals surface area contributed by atoms with Crippen LogP contribution in [0, 0.1) is 6.92 Å². The van der Waals surface area contributed by atoms with E-state index in [9.17, 15) is 0 Å². The van der Waals surface area contributed by atoms with E-state index in [1.165, 1.54) is 0 Å². The van der Waals surface area contributed by atoms with Crippen LogP contribution >= 0.6 is 11.6 Å². The molecule has 2 aromatic rings. The second kappa shape index (κ2) is 3.75. The molecule has 0 unspecified atom stereocenters. The number of nitrogens with zero attached hydrogens (tertiary/aromatic N) is 5. The molecule has 0 aliphatic carbocycles. The van der Waals surface area contributed by atoms with Crippen LogP contribution in [0.25, 0.3) is 0 Å². The lowest BCUT2D eigenvalue weighted by Gasteiger charge is -1.97. The zero-order valence-corrected chi connectivity index (χ0v) is 8.27. The first-order valence-corrected chi connectivity index (χ1v) is 4.46. The number of aryl methyl sites for hydroxylation is 3. The molecule has 0 aromatic carbocycles. The molecule has 0 atom stereocenters. The maximum absolute atomic E-state index is 5.74. The van der Waals surface area contributed by atoms with E-state index in [0.717, 1.165) is 0 Å². The Morgan fingerprint density at radius 1 is 1.57 bits per heavy atom. The van der Waals surface area contributed by atoms with E-state index in [1.54, 1.807) is 17.8 Å². The molecule has 0 aliphatic rings. The first-order valence-electron chi connectivity index (χ1n) is 4.08. The summed E-state index contributed by atoms with van der Waals surface area (Å²) in [5, 5.41) is 11.4. The lowest BCUT2D eigenvalue weighted by atomic mass is 10.4.